The Morgan fingerprint density at radius 1 is 1.48 bits per heavy atom. The summed E-state index contributed by atoms with van der Waals surface area (Å²) in [6.07, 6.45) is 0.250. The molecule has 23 heavy (non-hydrogen) atoms. The molecule has 0 saturated carbocycles. The maximum Gasteiger partial charge on any atom is 0.345 e. The standard InChI is InChI=1S/C16H15N3O3S/c1-18-14(20)13(10-3-5-12(22-2)6-4-10)15(21)19-11(7-8-17)9-23-16(18)19/h3-6,11H,7,9H2,1-2H3. The van der Waals surface area contributed by atoms with Crippen molar-refractivity contribution in [1.82, 2.24) is 4.57 Å². The van der Waals surface area contributed by atoms with Crippen LogP contribution in [-0.4, -0.2) is 17.4 Å². The lowest BCUT2D eigenvalue weighted by atomic mass is 10.1. The number of ether oxygens (including phenoxy) is 1. The van der Waals surface area contributed by atoms with Crippen LogP contribution >= 0.6 is 11.8 Å². The van der Waals surface area contributed by atoms with Gasteiger partial charge in [0.25, 0.3) is 0 Å². The van der Waals surface area contributed by atoms with Crippen LogP contribution < -0.4 is 20.0 Å². The van der Waals surface area contributed by atoms with Gasteiger partial charge in [-0.25, -0.2) is 9.36 Å². The number of hydrogen-bond acceptors (Lipinski definition) is 5. The van der Waals surface area contributed by atoms with Crippen LogP contribution in [0.4, 0.5) is 0 Å². The number of nitriles is 1. The van der Waals surface area contributed by atoms with Gasteiger partial charge < -0.3 is 9.84 Å². The first-order valence-corrected chi connectivity index (χ1v) is 8.06. The molecule has 7 heteroatoms. The first kappa shape index (κ1) is 15.4. The monoisotopic (exact) mass is 329 g/mol. The summed E-state index contributed by atoms with van der Waals surface area (Å²) >= 11 is 1.44. The SMILES string of the molecule is COc1ccc(-c2c([O-])[n+](C)c3n(c2=O)C(CC#N)CS3)cc1. The normalized spacial score (nSPS) is 16.0. The maximum atomic E-state index is 12.9. The van der Waals surface area contributed by atoms with E-state index in [-0.39, 0.29) is 29.5 Å². The molecule has 1 aromatic carbocycles. The fourth-order valence-electron chi connectivity index (χ4n) is 2.71. The van der Waals surface area contributed by atoms with E-state index >= 15 is 0 Å². The zero-order chi connectivity index (χ0) is 16.6. The number of fused-ring (bicyclic) bond motifs is 1. The average Bonchev–Trinajstić information content (AvgIpc) is 2.98. The van der Waals surface area contributed by atoms with Gasteiger partial charge in [0.05, 0.1) is 32.5 Å². The fraction of sp³-hybridized carbons (Fsp3) is 0.312. The van der Waals surface area contributed by atoms with Crippen molar-refractivity contribution in [3.8, 4) is 28.8 Å². The Morgan fingerprint density at radius 3 is 2.78 bits per heavy atom. The van der Waals surface area contributed by atoms with E-state index < -0.39 is 0 Å². The molecule has 1 aliphatic rings. The molecule has 1 aromatic heterocycles. The number of hydrogen-bond donors (Lipinski definition) is 0. The van der Waals surface area contributed by atoms with Crippen molar-refractivity contribution >= 4 is 11.8 Å². The van der Waals surface area contributed by atoms with Crippen molar-refractivity contribution in [2.45, 2.75) is 17.6 Å². The fourth-order valence-corrected chi connectivity index (χ4v) is 3.96. The largest absolute Gasteiger partial charge is 0.842 e. The number of benzene rings is 1. The number of methoxy groups -OCH3 is 1. The lowest BCUT2D eigenvalue weighted by Gasteiger charge is -2.16. The van der Waals surface area contributed by atoms with Crippen molar-refractivity contribution in [3.63, 3.8) is 0 Å². The third-order valence-electron chi connectivity index (χ3n) is 3.92. The molecular weight excluding hydrogens is 314 g/mol. The molecule has 1 aliphatic heterocycles. The number of aromatic nitrogens is 2. The quantitative estimate of drug-likeness (QED) is 0.619. The van der Waals surface area contributed by atoms with E-state index in [1.54, 1.807) is 43.0 Å². The van der Waals surface area contributed by atoms with Crippen LogP contribution in [0.2, 0.25) is 0 Å². The Morgan fingerprint density at radius 2 is 2.17 bits per heavy atom. The van der Waals surface area contributed by atoms with Gasteiger partial charge in [0.2, 0.25) is 0 Å². The highest BCUT2D eigenvalue weighted by Gasteiger charge is 2.35. The number of thioether (sulfide) groups is 1. The Bertz CT molecular complexity index is 853. The molecule has 1 atom stereocenters. The summed E-state index contributed by atoms with van der Waals surface area (Å²) < 4.78 is 8.17. The predicted octanol–water partition coefficient (Wildman–Crippen LogP) is 0.982. The molecule has 0 fully saturated rings. The van der Waals surface area contributed by atoms with Crippen molar-refractivity contribution < 1.29 is 14.4 Å². The minimum atomic E-state index is -0.335. The van der Waals surface area contributed by atoms with E-state index in [2.05, 4.69) is 6.07 Å². The molecule has 118 valence electrons. The van der Waals surface area contributed by atoms with Crippen LogP contribution in [0.15, 0.2) is 34.2 Å². The van der Waals surface area contributed by atoms with Crippen LogP contribution in [0.25, 0.3) is 11.1 Å². The lowest BCUT2D eigenvalue weighted by Crippen LogP contribution is -2.43. The van der Waals surface area contributed by atoms with Gasteiger partial charge in [-0.3, -0.25) is 0 Å². The minimum Gasteiger partial charge on any atom is -0.842 e. The Labute approximate surface area is 137 Å². The summed E-state index contributed by atoms with van der Waals surface area (Å²) in [4.78, 5) is 12.9. The molecule has 0 spiro atoms. The van der Waals surface area contributed by atoms with Gasteiger partial charge in [0.15, 0.2) is 0 Å². The summed E-state index contributed by atoms with van der Waals surface area (Å²) in [5.41, 5.74) is 0.349. The second-order valence-electron chi connectivity index (χ2n) is 5.25. The smallest absolute Gasteiger partial charge is 0.345 e. The van der Waals surface area contributed by atoms with Crippen LogP contribution in [-0.2, 0) is 7.05 Å². The molecular formula is C16H15N3O3S. The van der Waals surface area contributed by atoms with Gasteiger partial charge >= 0.3 is 10.7 Å². The third-order valence-corrected chi connectivity index (χ3v) is 5.20. The van der Waals surface area contributed by atoms with Crippen molar-refractivity contribution in [3.05, 3.63) is 34.6 Å². The van der Waals surface area contributed by atoms with Crippen LogP contribution in [0.3, 0.4) is 0 Å². The third kappa shape index (κ3) is 2.45. The Kier molecular flexibility index (Phi) is 4.01. The van der Waals surface area contributed by atoms with Gasteiger partial charge in [-0.2, -0.15) is 9.83 Å². The van der Waals surface area contributed by atoms with Gasteiger partial charge in [-0.15, -0.1) is 0 Å². The van der Waals surface area contributed by atoms with Gasteiger partial charge in [0.1, 0.15) is 17.4 Å². The van der Waals surface area contributed by atoms with Crippen molar-refractivity contribution in [2.75, 3.05) is 12.9 Å². The van der Waals surface area contributed by atoms with E-state index in [0.717, 1.165) is 0 Å². The molecule has 0 saturated heterocycles. The number of rotatable bonds is 3. The van der Waals surface area contributed by atoms with Crippen LogP contribution in [0, 0.1) is 11.3 Å². The van der Waals surface area contributed by atoms with Gasteiger partial charge in [-0.1, -0.05) is 12.1 Å². The second-order valence-corrected chi connectivity index (χ2v) is 6.24. The number of nitrogens with zero attached hydrogens (tertiary/aromatic N) is 3. The van der Waals surface area contributed by atoms with E-state index in [1.807, 2.05) is 0 Å². The molecule has 0 radical (unpaired) electrons. The van der Waals surface area contributed by atoms with E-state index in [4.69, 9.17) is 10.00 Å². The Balaban J connectivity index is 2.22. The highest BCUT2D eigenvalue weighted by molar-refractivity contribution is 7.99. The maximum absolute atomic E-state index is 12.9. The zero-order valence-electron chi connectivity index (χ0n) is 12.8. The van der Waals surface area contributed by atoms with Gasteiger partial charge in [-0.05, 0) is 29.5 Å². The summed E-state index contributed by atoms with van der Waals surface area (Å²) in [7, 11) is 3.21. The van der Waals surface area contributed by atoms with E-state index in [9.17, 15) is 9.90 Å². The average molecular weight is 329 g/mol. The minimum absolute atomic E-state index is 0.129. The van der Waals surface area contributed by atoms with Crippen molar-refractivity contribution in [2.24, 2.45) is 7.05 Å². The predicted molar refractivity (Wildman–Crippen MR) is 83.3 cm³/mol. The first-order chi connectivity index (χ1) is 11.1. The van der Waals surface area contributed by atoms with Crippen LogP contribution in [0.5, 0.6) is 11.6 Å². The summed E-state index contributed by atoms with van der Waals surface area (Å²) in [5, 5.41) is 22.2. The van der Waals surface area contributed by atoms with Crippen molar-refractivity contribution in [1.29, 1.82) is 5.26 Å². The highest BCUT2D eigenvalue weighted by Crippen LogP contribution is 2.34. The first-order valence-electron chi connectivity index (χ1n) is 7.08. The second kappa shape index (κ2) is 5.97. The molecule has 2 heterocycles. The molecule has 1 unspecified atom stereocenters. The molecule has 6 nitrogen and oxygen atoms in total. The molecule has 2 aromatic rings. The molecule has 3 rings (SSSR count). The molecule has 0 bridgehead atoms. The molecule has 0 aliphatic carbocycles. The zero-order valence-corrected chi connectivity index (χ0v) is 13.6. The molecule has 0 amide bonds. The summed E-state index contributed by atoms with van der Waals surface area (Å²) in [6, 6.07) is 8.74. The highest BCUT2D eigenvalue weighted by atomic mass is 32.2. The van der Waals surface area contributed by atoms with Crippen LogP contribution in [0.1, 0.15) is 12.5 Å². The van der Waals surface area contributed by atoms with Gasteiger partial charge in [0, 0.05) is 5.75 Å². The van der Waals surface area contributed by atoms with E-state index in [0.29, 0.717) is 22.2 Å². The Hall–Kier alpha value is -2.46. The lowest BCUT2D eigenvalue weighted by molar-refractivity contribution is -0.751. The summed E-state index contributed by atoms with van der Waals surface area (Å²) in [5.74, 6) is 0.962. The topological polar surface area (TPSA) is 82.0 Å². The van der Waals surface area contributed by atoms with E-state index in [1.165, 1.54) is 16.3 Å². The molecule has 0 N–H and O–H groups in total. The summed E-state index contributed by atoms with van der Waals surface area (Å²) in [6.45, 7) is 0.